The number of anilines is 2. The number of likely N-dealkylation sites (N-methyl/N-ethyl adjacent to an activating group) is 1. The maximum Gasteiger partial charge on any atom is 0.264 e. The van der Waals surface area contributed by atoms with E-state index in [1.54, 1.807) is 20.0 Å². The lowest BCUT2D eigenvalue weighted by Crippen LogP contribution is -2.20. The topological polar surface area (TPSA) is 108 Å². The molecule has 0 bridgehead atoms. The molecule has 1 aromatic carbocycles. The van der Waals surface area contributed by atoms with Gasteiger partial charge < -0.3 is 4.90 Å². The van der Waals surface area contributed by atoms with Crippen LogP contribution in [0, 0.1) is 6.92 Å². The minimum absolute atomic E-state index is 0.0128. The molecular formula is C12H13N5O3S. The second-order valence-electron chi connectivity index (χ2n) is 4.77. The fraction of sp³-hybridized carbons (Fsp3) is 0.250. The highest BCUT2D eigenvalue weighted by molar-refractivity contribution is 7.92. The normalized spacial score (nSPS) is 14.4. The standard InChI is InChI=1S/C12H13N5O3S/c1-7-13-12(15-14-7)16-21(19,20)9-3-4-10-8(5-9)6-11(18)17(10)2/h3-5H,6H2,1-2H3,(H2,13,14,15,16). The fourth-order valence-corrected chi connectivity index (χ4v) is 3.18. The van der Waals surface area contributed by atoms with Crippen molar-refractivity contribution in [2.24, 2.45) is 0 Å². The molecule has 0 aliphatic carbocycles. The van der Waals surface area contributed by atoms with Crippen LogP contribution in [0.4, 0.5) is 11.6 Å². The monoisotopic (exact) mass is 307 g/mol. The number of rotatable bonds is 3. The minimum atomic E-state index is -3.78. The molecule has 0 unspecified atom stereocenters. The van der Waals surface area contributed by atoms with Crippen LogP contribution in [0.3, 0.4) is 0 Å². The average molecular weight is 307 g/mol. The summed E-state index contributed by atoms with van der Waals surface area (Å²) in [6.45, 7) is 1.67. The zero-order valence-electron chi connectivity index (χ0n) is 11.4. The molecule has 8 nitrogen and oxygen atoms in total. The molecule has 2 aromatic rings. The number of nitrogens with one attached hydrogen (secondary N) is 2. The molecule has 0 saturated heterocycles. The first kappa shape index (κ1) is 13.6. The highest BCUT2D eigenvalue weighted by Crippen LogP contribution is 2.30. The molecule has 21 heavy (non-hydrogen) atoms. The smallest absolute Gasteiger partial charge is 0.264 e. The molecular weight excluding hydrogens is 294 g/mol. The molecule has 1 amide bonds. The van der Waals surface area contributed by atoms with Crippen molar-refractivity contribution in [3.05, 3.63) is 29.6 Å². The second-order valence-corrected chi connectivity index (χ2v) is 6.45. The number of H-pyrrole nitrogens is 1. The van der Waals surface area contributed by atoms with Crippen molar-refractivity contribution in [1.82, 2.24) is 15.2 Å². The summed E-state index contributed by atoms with van der Waals surface area (Å²) in [5, 5.41) is 6.29. The first-order valence-electron chi connectivity index (χ1n) is 6.18. The summed E-state index contributed by atoms with van der Waals surface area (Å²) < 4.78 is 26.8. The number of carbonyl (C=O) groups is 1. The molecule has 0 fully saturated rings. The highest BCUT2D eigenvalue weighted by atomic mass is 32.2. The number of aromatic nitrogens is 3. The van der Waals surface area contributed by atoms with E-state index in [0.29, 0.717) is 11.4 Å². The predicted octanol–water partition coefficient (Wildman–Crippen LogP) is 0.433. The van der Waals surface area contributed by atoms with Crippen LogP contribution < -0.4 is 9.62 Å². The maximum absolute atomic E-state index is 12.3. The zero-order chi connectivity index (χ0) is 15.2. The lowest BCUT2D eigenvalue weighted by molar-refractivity contribution is -0.117. The third-order valence-corrected chi connectivity index (χ3v) is 4.59. The SMILES string of the molecule is Cc1nc(NS(=O)(=O)c2ccc3c(c2)CC(=O)N3C)n[nH]1. The number of sulfonamides is 1. The van der Waals surface area contributed by atoms with Gasteiger partial charge in [0.25, 0.3) is 16.0 Å². The van der Waals surface area contributed by atoms with Gasteiger partial charge in [0.1, 0.15) is 5.82 Å². The summed E-state index contributed by atoms with van der Waals surface area (Å²) in [4.78, 5) is 17.1. The Balaban J connectivity index is 1.94. The van der Waals surface area contributed by atoms with Gasteiger partial charge in [-0.05, 0) is 30.7 Å². The molecule has 2 N–H and O–H groups in total. The largest absolute Gasteiger partial charge is 0.315 e. The van der Waals surface area contributed by atoms with Crippen LogP contribution >= 0.6 is 0 Å². The van der Waals surface area contributed by atoms with E-state index in [-0.39, 0.29) is 23.2 Å². The number of nitrogens with zero attached hydrogens (tertiary/aromatic N) is 3. The van der Waals surface area contributed by atoms with Crippen LogP contribution in [-0.4, -0.2) is 36.6 Å². The van der Waals surface area contributed by atoms with Crippen molar-refractivity contribution in [3.63, 3.8) is 0 Å². The summed E-state index contributed by atoms with van der Waals surface area (Å²) in [5.41, 5.74) is 1.42. The number of aromatic amines is 1. The maximum atomic E-state index is 12.3. The van der Waals surface area contributed by atoms with Gasteiger partial charge in [0.05, 0.1) is 11.3 Å². The summed E-state index contributed by atoms with van der Waals surface area (Å²) in [6, 6.07) is 4.58. The Labute approximate surface area is 121 Å². The molecule has 1 aliphatic heterocycles. The van der Waals surface area contributed by atoms with Gasteiger partial charge in [0.15, 0.2) is 0 Å². The molecule has 0 atom stereocenters. The Bertz CT molecular complexity index is 827. The summed E-state index contributed by atoms with van der Waals surface area (Å²) in [7, 11) is -2.12. The van der Waals surface area contributed by atoms with Crippen molar-refractivity contribution in [2.45, 2.75) is 18.2 Å². The number of hydrogen-bond donors (Lipinski definition) is 2. The van der Waals surface area contributed by atoms with Crippen LogP contribution in [0.1, 0.15) is 11.4 Å². The van der Waals surface area contributed by atoms with E-state index in [0.717, 1.165) is 5.69 Å². The lowest BCUT2D eigenvalue weighted by Gasteiger charge is -2.10. The van der Waals surface area contributed by atoms with Crippen molar-refractivity contribution < 1.29 is 13.2 Å². The van der Waals surface area contributed by atoms with E-state index in [2.05, 4.69) is 19.9 Å². The summed E-state index contributed by atoms with van der Waals surface area (Å²) in [5.74, 6) is 0.437. The number of benzene rings is 1. The van der Waals surface area contributed by atoms with Crippen molar-refractivity contribution in [1.29, 1.82) is 0 Å². The third-order valence-electron chi connectivity index (χ3n) is 3.26. The third kappa shape index (κ3) is 2.35. The van der Waals surface area contributed by atoms with E-state index in [1.165, 1.54) is 17.0 Å². The number of aryl methyl sites for hydroxylation is 1. The van der Waals surface area contributed by atoms with Gasteiger partial charge in [-0.3, -0.25) is 9.89 Å². The Morgan fingerprint density at radius 1 is 1.38 bits per heavy atom. The first-order valence-corrected chi connectivity index (χ1v) is 7.66. The van der Waals surface area contributed by atoms with Crippen molar-refractivity contribution in [3.8, 4) is 0 Å². The van der Waals surface area contributed by atoms with Crippen LogP contribution in [0.15, 0.2) is 23.1 Å². The number of carbonyl (C=O) groups excluding carboxylic acids is 1. The van der Waals surface area contributed by atoms with E-state index in [1.807, 2.05) is 0 Å². The fourth-order valence-electron chi connectivity index (χ4n) is 2.18. The van der Waals surface area contributed by atoms with Gasteiger partial charge >= 0.3 is 0 Å². The van der Waals surface area contributed by atoms with Gasteiger partial charge in [-0.1, -0.05) is 0 Å². The van der Waals surface area contributed by atoms with Gasteiger partial charge in [0, 0.05) is 12.7 Å². The highest BCUT2D eigenvalue weighted by Gasteiger charge is 2.26. The van der Waals surface area contributed by atoms with Gasteiger partial charge in [-0.15, -0.1) is 5.10 Å². The zero-order valence-corrected chi connectivity index (χ0v) is 12.2. The van der Waals surface area contributed by atoms with Crippen LogP contribution in [0.2, 0.25) is 0 Å². The van der Waals surface area contributed by atoms with E-state index < -0.39 is 10.0 Å². The van der Waals surface area contributed by atoms with E-state index >= 15 is 0 Å². The summed E-state index contributed by atoms with van der Waals surface area (Å²) >= 11 is 0. The minimum Gasteiger partial charge on any atom is -0.315 e. The van der Waals surface area contributed by atoms with Crippen LogP contribution in [0.5, 0.6) is 0 Å². The van der Waals surface area contributed by atoms with E-state index in [4.69, 9.17) is 0 Å². The van der Waals surface area contributed by atoms with Gasteiger partial charge in [-0.25, -0.2) is 13.1 Å². The molecule has 2 heterocycles. The van der Waals surface area contributed by atoms with Crippen LogP contribution in [-0.2, 0) is 21.2 Å². The molecule has 110 valence electrons. The second kappa shape index (κ2) is 4.55. The number of fused-ring (bicyclic) bond motifs is 1. The summed E-state index contributed by atoms with van der Waals surface area (Å²) in [6.07, 6.45) is 0.203. The molecule has 3 rings (SSSR count). The van der Waals surface area contributed by atoms with Crippen molar-refractivity contribution >= 4 is 27.6 Å². The quantitative estimate of drug-likeness (QED) is 0.855. The lowest BCUT2D eigenvalue weighted by atomic mass is 10.2. The Morgan fingerprint density at radius 2 is 2.14 bits per heavy atom. The Kier molecular flexibility index (Phi) is 2.94. The molecule has 0 saturated carbocycles. The molecule has 1 aromatic heterocycles. The molecule has 0 radical (unpaired) electrons. The van der Waals surface area contributed by atoms with Crippen molar-refractivity contribution in [2.75, 3.05) is 16.7 Å². The van der Waals surface area contributed by atoms with E-state index in [9.17, 15) is 13.2 Å². The molecule has 9 heteroatoms. The van der Waals surface area contributed by atoms with Crippen LogP contribution in [0.25, 0.3) is 0 Å². The van der Waals surface area contributed by atoms with Gasteiger partial charge in [-0.2, -0.15) is 4.98 Å². The first-order chi connectivity index (χ1) is 9.87. The number of hydrogen-bond acceptors (Lipinski definition) is 5. The Morgan fingerprint density at radius 3 is 2.81 bits per heavy atom. The average Bonchev–Trinajstić information content (AvgIpc) is 2.93. The predicted molar refractivity (Wildman–Crippen MR) is 75.5 cm³/mol. The number of amides is 1. The molecule has 0 spiro atoms. The van der Waals surface area contributed by atoms with Gasteiger partial charge in [0.2, 0.25) is 5.91 Å². The Hall–Kier alpha value is -2.42. The molecule has 1 aliphatic rings.